The molecule has 6 nitrogen and oxygen atoms in total. The molecule has 6 heteroatoms. The molecular formula is C38H32O6. The number of hydrogen-bond donors (Lipinski definition) is 2. The number of fused-ring (bicyclic) bond motifs is 2. The van der Waals surface area contributed by atoms with Crippen molar-refractivity contribution < 1.29 is 29.2 Å². The van der Waals surface area contributed by atoms with Gasteiger partial charge in [-0.05, 0) is 84.0 Å². The van der Waals surface area contributed by atoms with Crippen molar-refractivity contribution in [1.29, 1.82) is 0 Å². The predicted octanol–water partition coefficient (Wildman–Crippen LogP) is 7.01. The molecule has 2 aliphatic heterocycles. The zero-order chi connectivity index (χ0) is 30.2. The van der Waals surface area contributed by atoms with E-state index in [1.807, 2.05) is 121 Å². The maximum atomic E-state index is 11.4. The average molecular weight is 585 g/mol. The number of rotatable bonds is 6. The second kappa shape index (κ2) is 11.6. The van der Waals surface area contributed by atoms with Crippen molar-refractivity contribution in [2.24, 2.45) is 11.8 Å². The van der Waals surface area contributed by atoms with Crippen molar-refractivity contribution in [3.8, 4) is 23.0 Å². The third-order valence-corrected chi connectivity index (χ3v) is 8.48. The molecule has 1 saturated carbocycles. The van der Waals surface area contributed by atoms with E-state index in [2.05, 4.69) is 0 Å². The number of hydrogen-bond acceptors (Lipinski definition) is 6. The van der Waals surface area contributed by atoms with Crippen molar-refractivity contribution in [2.75, 3.05) is 14.2 Å². The van der Waals surface area contributed by atoms with Crippen molar-refractivity contribution in [3.05, 3.63) is 144 Å². The predicted molar refractivity (Wildman–Crippen MR) is 171 cm³/mol. The molecule has 4 aromatic rings. The van der Waals surface area contributed by atoms with Gasteiger partial charge < -0.3 is 29.2 Å². The number of para-hydroxylation sites is 2. The van der Waals surface area contributed by atoms with Gasteiger partial charge in [0.25, 0.3) is 0 Å². The molecule has 0 unspecified atom stereocenters. The van der Waals surface area contributed by atoms with Gasteiger partial charge in [-0.3, -0.25) is 0 Å². The molecule has 2 N–H and O–H groups in total. The minimum atomic E-state index is -0.773. The molecule has 220 valence electrons. The van der Waals surface area contributed by atoms with E-state index in [1.165, 1.54) is 0 Å². The zero-order valence-corrected chi connectivity index (χ0v) is 24.4. The normalized spacial score (nSPS) is 23.7. The molecular weight excluding hydrogens is 552 g/mol. The van der Waals surface area contributed by atoms with Crippen molar-refractivity contribution >= 4 is 22.7 Å². The summed E-state index contributed by atoms with van der Waals surface area (Å²) in [6.45, 7) is 0. The lowest BCUT2D eigenvalue weighted by atomic mass is 9.67. The van der Waals surface area contributed by atoms with E-state index in [1.54, 1.807) is 14.2 Å². The molecule has 4 aromatic carbocycles. The van der Waals surface area contributed by atoms with Gasteiger partial charge in [0, 0.05) is 34.1 Å². The summed E-state index contributed by atoms with van der Waals surface area (Å²) < 4.78 is 23.1. The van der Waals surface area contributed by atoms with Crippen LogP contribution in [-0.2, 0) is 0 Å². The summed E-state index contributed by atoms with van der Waals surface area (Å²) in [6.07, 6.45) is 6.32. The van der Waals surface area contributed by atoms with Crippen LogP contribution < -0.4 is 18.9 Å². The van der Waals surface area contributed by atoms with Crippen LogP contribution in [0.5, 0.6) is 23.0 Å². The van der Waals surface area contributed by atoms with Gasteiger partial charge in [0.15, 0.2) is 0 Å². The summed E-state index contributed by atoms with van der Waals surface area (Å²) in [6, 6.07) is 31.0. The first-order valence-corrected chi connectivity index (χ1v) is 14.6. The Morgan fingerprint density at radius 2 is 0.932 bits per heavy atom. The lowest BCUT2D eigenvalue weighted by molar-refractivity contribution is -0.109. The SMILES string of the molecule is COc1ccc(C2=C/C(=C\C3C(O)C(/C=C4\C=C(c5ccc(OC)cc5)Oc5ccccc54)C3O)c3ccccc3O2)cc1. The summed E-state index contributed by atoms with van der Waals surface area (Å²) in [5, 5.41) is 22.8. The third kappa shape index (κ3) is 5.08. The fourth-order valence-electron chi connectivity index (χ4n) is 5.97. The fourth-order valence-corrected chi connectivity index (χ4v) is 5.97. The lowest BCUT2D eigenvalue weighted by Crippen LogP contribution is -2.53. The molecule has 1 fully saturated rings. The molecule has 0 aromatic heterocycles. The van der Waals surface area contributed by atoms with Crippen LogP contribution in [0.3, 0.4) is 0 Å². The maximum absolute atomic E-state index is 11.4. The first-order valence-electron chi connectivity index (χ1n) is 14.6. The topological polar surface area (TPSA) is 77.4 Å². The van der Waals surface area contributed by atoms with Crippen LogP contribution in [-0.4, -0.2) is 36.6 Å². The lowest BCUT2D eigenvalue weighted by Gasteiger charge is -2.44. The Bertz CT molecular complexity index is 1670. The first kappa shape index (κ1) is 27.8. The van der Waals surface area contributed by atoms with Crippen LogP contribution in [0.15, 0.2) is 121 Å². The fraction of sp³-hybridized carbons (Fsp3) is 0.158. The van der Waals surface area contributed by atoms with E-state index in [9.17, 15) is 10.2 Å². The Hall–Kier alpha value is -5.04. The summed E-state index contributed by atoms with van der Waals surface area (Å²) in [5.41, 5.74) is 5.42. The van der Waals surface area contributed by atoms with Gasteiger partial charge in [-0.1, -0.05) is 48.6 Å². The smallest absolute Gasteiger partial charge is 0.135 e. The molecule has 0 amide bonds. The van der Waals surface area contributed by atoms with E-state index in [0.29, 0.717) is 11.5 Å². The number of methoxy groups -OCH3 is 2. The molecule has 1 aliphatic carbocycles. The summed E-state index contributed by atoms with van der Waals surface area (Å²) in [5.74, 6) is 3.45. The quantitative estimate of drug-likeness (QED) is 0.254. The Morgan fingerprint density at radius 1 is 0.545 bits per heavy atom. The van der Waals surface area contributed by atoms with E-state index in [0.717, 1.165) is 56.4 Å². The number of allylic oxidation sites excluding steroid dienone is 4. The maximum Gasteiger partial charge on any atom is 0.135 e. The molecule has 7 rings (SSSR count). The van der Waals surface area contributed by atoms with Crippen LogP contribution in [0.2, 0.25) is 0 Å². The van der Waals surface area contributed by atoms with Gasteiger partial charge in [-0.15, -0.1) is 0 Å². The highest BCUT2D eigenvalue weighted by Gasteiger charge is 2.47. The van der Waals surface area contributed by atoms with Gasteiger partial charge in [0.05, 0.1) is 26.4 Å². The number of aliphatic hydroxyl groups is 2. The van der Waals surface area contributed by atoms with E-state index in [-0.39, 0.29) is 0 Å². The number of ether oxygens (including phenoxy) is 4. The van der Waals surface area contributed by atoms with Crippen molar-refractivity contribution in [3.63, 3.8) is 0 Å². The van der Waals surface area contributed by atoms with Crippen LogP contribution in [0, 0.1) is 11.8 Å². The van der Waals surface area contributed by atoms with Crippen molar-refractivity contribution in [2.45, 2.75) is 12.2 Å². The highest BCUT2D eigenvalue weighted by molar-refractivity contribution is 5.89. The molecule has 0 radical (unpaired) electrons. The van der Waals surface area contributed by atoms with E-state index in [4.69, 9.17) is 18.9 Å². The third-order valence-electron chi connectivity index (χ3n) is 8.48. The molecule has 2 heterocycles. The van der Waals surface area contributed by atoms with Gasteiger partial charge in [0.1, 0.15) is 34.5 Å². The van der Waals surface area contributed by atoms with E-state index >= 15 is 0 Å². The molecule has 44 heavy (non-hydrogen) atoms. The Kier molecular flexibility index (Phi) is 7.30. The number of aliphatic hydroxyl groups excluding tert-OH is 2. The first-order chi connectivity index (χ1) is 21.5. The van der Waals surface area contributed by atoms with Gasteiger partial charge in [-0.25, -0.2) is 0 Å². The summed E-state index contributed by atoms with van der Waals surface area (Å²) in [7, 11) is 3.27. The molecule has 0 saturated heterocycles. The molecule has 0 bridgehead atoms. The van der Waals surface area contributed by atoms with Crippen LogP contribution >= 0.6 is 0 Å². The highest BCUT2D eigenvalue weighted by Crippen LogP contribution is 2.45. The van der Waals surface area contributed by atoms with Gasteiger partial charge in [0.2, 0.25) is 0 Å². The van der Waals surface area contributed by atoms with E-state index < -0.39 is 24.0 Å². The minimum absolute atomic E-state index is 0.452. The Balaban J connectivity index is 1.20. The number of benzene rings is 4. The molecule has 3 aliphatic rings. The molecule has 0 atom stereocenters. The van der Waals surface area contributed by atoms with Crippen LogP contribution in [0.25, 0.3) is 22.7 Å². The minimum Gasteiger partial charge on any atom is -0.497 e. The van der Waals surface area contributed by atoms with Crippen LogP contribution in [0.4, 0.5) is 0 Å². The average Bonchev–Trinajstić information content (AvgIpc) is 3.09. The highest BCUT2D eigenvalue weighted by atomic mass is 16.5. The summed E-state index contributed by atoms with van der Waals surface area (Å²) >= 11 is 0. The second-order valence-electron chi connectivity index (χ2n) is 11.1. The van der Waals surface area contributed by atoms with Crippen LogP contribution in [0.1, 0.15) is 22.3 Å². The largest absolute Gasteiger partial charge is 0.497 e. The van der Waals surface area contributed by atoms with Gasteiger partial charge >= 0.3 is 0 Å². The second-order valence-corrected chi connectivity index (χ2v) is 11.1. The standard InChI is InChI=1S/C38H32O6/c1-41-27-15-11-23(12-16-27)35-21-25(29-7-3-5-9-33(29)43-35)19-31-37(39)32(38(31)40)20-26-22-36(24-13-17-28(42-2)18-14-24)44-34-10-6-4-8-30(26)34/h3-22,31-32,37-40H,1-2H3/b25-19+,26-20+. The molecule has 0 spiro atoms. The Labute approximate surface area is 256 Å². The van der Waals surface area contributed by atoms with Gasteiger partial charge in [-0.2, -0.15) is 0 Å². The Morgan fingerprint density at radius 3 is 1.32 bits per heavy atom. The van der Waals surface area contributed by atoms with Crippen molar-refractivity contribution in [1.82, 2.24) is 0 Å². The summed E-state index contributed by atoms with van der Waals surface area (Å²) in [4.78, 5) is 0. The zero-order valence-electron chi connectivity index (χ0n) is 24.4. The monoisotopic (exact) mass is 584 g/mol.